The van der Waals surface area contributed by atoms with Crippen LogP contribution in [0.5, 0.6) is 0 Å². The zero-order valence-electron chi connectivity index (χ0n) is 10.4. The standard InChI is InChI=1S/C11H23NO3S/c1-4-16(13,14)11(8-12)6-10(7-15-3)5-9(11)2/h9-10H,4-8,12H2,1-3H3/t9-,10-,11-/m0/s1. The van der Waals surface area contributed by atoms with E-state index in [0.29, 0.717) is 18.9 Å². The summed E-state index contributed by atoms with van der Waals surface area (Å²) in [5.41, 5.74) is 5.76. The lowest BCUT2D eigenvalue weighted by Gasteiger charge is -2.31. The molecule has 1 saturated carbocycles. The Kier molecular flexibility index (Phi) is 4.37. The maximum Gasteiger partial charge on any atom is 0.157 e. The van der Waals surface area contributed by atoms with Crippen LogP contribution in [0.3, 0.4) is 0 Å². The van der Waals surface area contributed by atoms with Gasteiger partial charge in [-0.25, -0.2) is 8.42 Å². The molecule has 0 aromatic rings. The van der Waals surface area contributed by atoms with Gasteiger partial charge in [0.15, 0.2) is 9.84 Å². The molecule has 1 aliphatic carbocycles. The molecule has 0 amide bonds. The second-order valence-corrected chi connectivity index (χ2v) is 7.45. The Morgan fingerprint density at radius 1 is 1.50 bits per heavy atom. The van der Waals surface area contributed by atoms with Gasteiger partial charge in [-0.1, -0.05) is 13.8 Å². The van der Waals surface area contributed by atoms with Gasteiger partial charge in [0.2, 0.25) is 0 Å². The van der Waals surface area contributed by atoms with Gasteiger partial charge >= 0.3 is 0 Å². The van der Waals surface area contributed by atoms with Crippen molar-refractivity contribution in [3.8, 4) is 0 Å². The maximum absolute atomic E-state index is 12.2. The van der Waals surface area contributed by atoms with Crippen LogP contribution in [0.1, 0.15) is 26.7 Å². The molecular weight excluding hydrogens is 226 g/mol. The minimum atomic E-state index is -3.09. The van der Waals surface area contributed by atoms with Crippen molar-refractivity contribution < 1.29 is 13.2 Å². The predicted molar refractivity (Wildman–Crippen MR) is 65.0 cm³/mol. The van der Waals surface area contributed by atoms with Crippen LogP contribution in [0.15, 0.2) is 0 Å². The van der Waals surface area contributed by atoms with E-state index in [0.717, 1.165) is 6.42 Å². The highest BCUT2D eigenvalue weighted by atomic mass is 32.2. The number of sulfone groups is 1. The summed E-state index contributed by atoms with van der Waals surface area (Å²) in [6.45, 7) is 4.55. The number of ether oxygens (including phenoxy) is 1. The predicted octanol–water partition coefficient (Wildman–Crippen LogP) is 0.811. The van der Waals surface area contributed by atoms with Crippen molar-refractivity contribution in [2.45, 2.75) is 31.4 Å². The zero-order valence-corrected chi connectivity index (χ0v) is 11.2. The topological polar surface area (TPSA) is 69.4 Å². The van der Waals surface area contributed by atoms with Gasteiger partial charge in [0.05, 0.1) is 4.75 Å². The summed E-state index contributed by atoms with van der Waals surface area (Å²) in [6, 6.07) is 0. The SMILES string of the molecule is CCS(=O)(=O)[C@]1(CN)C[C@@H](COC)C[C@@H]1C. The van der Waals surface area contributed by atoms with Crippen molar-refractivity contribution in [2.75, 3.05) is 26.0 Å². The molecule has 0 radical (unpaired) electrons. The Hall–Kier alpha value is -0.130. The first-order valence-corrected chi connectivity index (χ1v) is 7.50. The number of hydrogen-bond donors (Lipinski definition) is 1. The van der Waals surface area contributed by atoms with Crippen LogP contribution >= 0.6 is 0 Å². The van der Waals surface area contributed by atoms with Crippen LogP contribution in [-0.2, 0) is 14.6 Å². The van der Waals surface area contributed by atoms with Crippen LogP contribution in [0.4, 0.5) is 0 Å². The van der Waals surface area contributed by atoms with Gasteiger partial charge in [0, 0.05) is 26.0 Å². The second-order valence-electron chi connectivity index (χ2n) is 4.83. The summed E-state index contributed by atoms with van der Waals surface area (Å²) in [5, 5.41) is 0. The molecule has 96 valence electrons. The Labute approximate surface area is 98.5 Å². The quantitative estimate of drug-likeness (QED) is 0.783. The van der Waals surface area contributed by atoms with Gasteiger partial charge in [-0.05, 0) is 24.7 Å². The van der Waals surface area contributed by atoms with Gasteiger partial charge < -0.3 is 10.5 Å². The van der Waals surface area contributed by atoms with E-state index in [9.17, 15) is 8.42 Å². The Morgan fingerprint density at radius 2 is 2.12 bits per heavy atom. The van der Waals surface area contributed by atoms with E-state index < -0.39 is 14.6 Å². The van der Waals surface area contributed by atoms with Gasteiger partial charge in [0.1, 0.15) is 0 Å². The van der Waals surface area contributed by atoms with Crippen molar-refractivity contribution in [2.24, 2.45) is 17.6 Å². The first-order chi connectivity index (χ1) is 7.43. The smallest absolute Gasteiger partial charge is 0.157 e. The fraction of sp³-hybridized carbons (Fsp3) is 1.00. The second kappa shape index (κ2) is 5.02. The molecule has 1 rings (SSSR count). The molecule has 0 heterocycles. The summed E-state index contributed by atoms with van der Waals surface area (Å²) < 4.78 is 28.8. The molecule has 4 nitrogen and oxygen atoms in total. The van der Waals surface area contributed by atoms with Gasteiger partial charge in [-0.3, -0.25) is 0 Å². The molecule has 5 heteroatoms. The lowest BCUT2D eigenvalue weighted by molar-refractivity contribution is 0.152. The third-order valence-electron chi connectivity index (χ3n) is 3.97. The molecule has 0 aliphatic heterocycles. The Morgan fingerprint density at radius 3 is 2.56 bits per heavy atom. The van der Waals surface area contributed by atoms with Crippen LogP contribution in [0, 0.1) is 11.8 Å². The average molecular weight is 249 g/mol. The first-order valence-electron chi connectivity index (χ1n) is 5.84. The largest absolute Gasteiger partial charge is 0.384 e. The summed E-state index contributed by atoms with van der Waals surface area (Å²) in [4.78, 5) is 0. The van der Waals surface area contributed by atoms with Gasteiger partial charge in [-0.2, -0.15) is 0 Å². The highest BCUT2D eigenvalue weighted by molar-refractivity contribution is 7.92. The van der Waals surface area contributed by atoms with Crippen LogP contribution in [-0.4, -0.2) is 39.2 Å². The Bertz CT molecular complexity index is 328. The third kappa shape index (κ3) is 2.13. The molecule has 0 unspecified atom stereocenters. The fourth-order valence-corrected chi connectivity index (χ4v) is 5.01. The molecular formula is C11H23NO3S. The normalized spacial score (nSPS) is 35.5. The zero-order chi connectivity index (χ0) is 12.4. The van der Waals surface area contributed by atoms with Gasteiger partial charge in [0.25, 0.3) is 0 Å². The van der Waals surface area contributed by atoms with Crippen molar-refractivity contribution in [3.05, 3.63) is 0 Å². The highest BCUT2D eigenvalue weighted by Gasteiger charge is 2.52. The monoisotopic (exact) mass is 249 g/mol. The van der Waals surface area contributed by atoms with Crippen molar-refractivity contribution in [3.63, 3.8) is 0 Å². The van der Waals surface area contributed by atoms with E-state index in [1.165, 1.54) is 0 Å². The van der Waals surface area contributed by atoms with E-state index in [1.807, 2.05) is 6.92 Å². The summed E-state index contributed by atoms with van der Waals surface area (Å²) in [7, 11) is -1.44. The minimum absolute atomic E-state index is 0.127. The third-order valence-corrected chi connectivity index (χ3v) is 6.70. The molecule has 3 atom stereocenters. The minimum Gasteiger partial charge on any atom is -0.384 e. The number of rotatable bonds is 5. The van der Waals surface area contributed by atoms with Crippen molar-refractivity contribution in [1.82, 2.24) is 0 Å². The molecule has 0 aromatic carbocycles. The molecule has 16 heavy (non-hydrogen) atoms. The van der Waals surface area contributed by atoms with E-state index >= 15 is 0 Å². The van der Waals surface area contributed by atoms with E-state index in [1.54, 1.807) is 14.0 Å². The van der Waals surface area contributed by atoms with E-state index in [-0.39, 0.29) is 18.2 Å². The lowest BCUT2D eigenvalue weighted by Crippen LogP contribution is -2.48. The Balaban J connectivity index is 2.98. The number of methoxy groups -OCH3 is 1. The summed E-state index contributed by atoms with van der Waals surface area (Å²) in [5.74, 6) is 0.626. The molecule has 2 N–H and O–H groups in total. The lowest BCUT2D eigenvalue weighted by atomic mass is 9.97. The van der Waals surface area contributed by atoms with Crippen LogP contribution in [0.25, 0.3) is 0 Å². The fourth-order valence-electron chi connectivity index (χ4n) is 2.98. The average Bonchev–Trinajstić information content (AvgIpc) is 2.57. The van der Waals surface area contributed by atoms with Crippen molar-refractivity contribution in [1.29, 1.82) is 0 Å². The van der Waals surface area contributed by atoms with Crippen molar-refractivity contribution >= 4 is 9.84 Å². The van der Waals surface area contributed by atoms with Gasteiger partial charge in [-0.15, -0.1) is 0 Å². The molecule has 1 fully saturated rings. The first kappa shape index (κ1) is 13.9. The van der Waals surface area contributed by atoms with E-state index in [4.69, 9.17) is 10.5 Å². The molecule has 0 saturated heterocycles. The molecule has 0 aromatic heterocycles. The maximum atomic E-state index is 12.2. The number of nitrogens with two attached hydrogens (primary N) is 1. The molecule has 1 aliphatic rings. The number of hydrogen-bond acceptors (Lipinski definition) is 4. The summed E-state index contributed by atoms with van der Waals surface area (Å²) >= 11 is 0. The van der Waals surface area contributed by atoms with Crippen LogP contribution < -0.4 is 5.73 Å². The van der Waals surface area contributed by atoms with Crippen LogP contribution in [0.2, 0.25) is 0 Å². The molecule has 0 bridgehead atoms. The summed E-state index contributed by atoms with van der Waals surface area (Å²) in [6.07, 6.45) is 1.54. The highest BCUT2D eigenvalue weighted by Crippen LogP contribution is 2.44. The van der Waals surface area contributed by atoms with E-state index in [2.05, 4.69) is 0 Å². The molecule has 0 spiro atoms.